The van der Waals surface area contributed by atoms with Crippen LogP contribution in [0.15, 0.2) is 0 Å². The van der Waals surface area contributed by atoms with Gasteiger partial charge in [0.15, 0.2) is 0 Å². The van der Waals surface area contributed by atoms with Gasteiger partial charge in [0, 0.05) is 6.54 Å². The van der Waals surface area contributed by atoms with Gasteiger partial charge in [-0.1, -0.05) is 54.4 Å². The molecule has 38 heavy (non-hydrogen) atoms. The molecule has 0 aromatic carbocycles. The first-order valence-electron chi connectivity index (χ1n) is 16.2. The monoisotopic (exact) mass is 538 g/mol. The van der Waals surface area contributed by atoms with Gasteiger partial charge in [0.25, 0.3) is 0 Å². The van der Waals surface area contributed by atoms with E-state index in [1.165, 1.54) is 64.5 Å². The average Bonchev–Trinajstić information content (AvgIpc) is 3.62. The van der Waals surface area contributed by atoms with Crippen LogP contribution in [0.2, 0.25) is 0 Å². The lowest BCUT2D eigenvalue weighted by Crippen LogP contribution is -2.44. The van der Waals surface area contributed by atoms with Gasteiger partial charge in [-0.15, -0.1) is 0 Å². The van der Waals surface area contributed by atoms with E-state index < -0.39 is 0 Å². The van der Waals surface area contributed by atoms with Gasteiger partial charge in [-0.3, -0.25) is 0 Å². The summed E-state index contributed by atoms with van der Waals surface area (Å²) >= 11 is 0. The maximum absolute atomic E-state index is 10.0. The molecule has 0 aromatic heterocycles. The predicted octanol–water partition coefficient (Wildman–Crippen LogP) is 5.37. The molecular formula is C32H62N2O4. The van der Waals surface area contributed by atoms with Crippen molar-refractivity contribution >= 4 is 0 Å². The Hall–Kier alpha value is -0.240. The smallest absolute Gasteiger partial charge is 0.104 e. The van der Waals surface area contributed by atoms with E-state index in [1.807, 2.05) is 0 Å². The first-order valence-corrected chi connectivity index (χ1v) is 16.2. The summed E-state index contributed by atoms with van der Waals surface area (Å²) in [5, 5.41) is 13.2. The minimum absolute atomic E-state index is 0.314. The molecule has 5 rings (SSSR count). The van der Waals surface area contributed by atoms with Gasteiger partial charge in [-0.05, 0) is 100 Å². The van der Waals surface area contributed by atoms with Gasteiger partial charge in [0.2, 0.25) is 0 Å². The molecule has 3 saturated heterocycles. The average molecular weight is 539 g/mol. The Labute approximate surface area is 234 Å². The largest absolute Gasteiger partial charge is 0.389 e. The number of hydrogen-bond acceptors (Lipinski definition) is 6. The molecule has 224 valence electrons. The summed E-state index contributed by atoms with van der Waals surface area (Å²) in [6, 6.07) is 0. The lowest BCUT2D eigenvalue weighted by molar-refractivity contribution is -0.0764. The fourth-order valence-corrected chi connectivity index (χ4v) is 6.33. The van der Waals surface area contributed by atoms with E-state index in [0.29, 0.717) is 36.8 Å². The van der Waals surface area contributed by atoms with Crippen molar-refractivity contribution in [1.82, 2.24) is 10.2 Å². The van der Waals surface area contributed by atoms with E-state index in [-0.39, 0.29) is 6.10 Å². The topological polar surface area (TPSA) is 66.5 Å². The molecule has 2 aliphatic carbocycles. The highest BCUT2D eigenvalue weighted by atomic mass is 16.6. The zero-order valence-corrected chi connectivity index (χ0v) is 25.7. The number of nitrogens with zero attached hydrogens (tertiary/aromatic N) is 1. The van der Waals surface area contributed by atoms with Crippen molar-refractivity contribution in [2.75, 3.05) is 52.5 Å². The lowest BCUT2D eigenvalue weighted by Gasteiger charge is -2.38. The van der Waals surface area contributed by atoms with E-state index in [9.17, 15) is 5.11 Å². The number of likely N-dealkylation sites (tertiary alicyclic amines) is 1. The number of ether oxygens (including phenoxy) is 3. The Kier molecular flexibility index (Phi) is 14.3. The highest BCUT2D eigenvalue weighted by Crippen LogP contribution is 2.36. The summed E-state index contributed by atoms with van der Waals surface area (Å²) in [6.07, 6.45) is 11.4. The van der Waals surface area contributed by atoms with E-state index >= 15 is 0 Å². The SMILES string of the molecule is C1CNC1.CC1CCC(C(C)C)C(OCC(O)CN2CCC2)C1.CC1CCC(C(C)C)C(OCC2CO2)C1. The van der Waals surface area contributed by atoms with Gasteiger partial charge in [-0.25, -0.2) is 0 Å². The first-order chi connectivity index (χ1) is 18.2. The quantitative estimate of drug-likeness (QED) is 0.365. The van der Waals surface area contributed by atoms with Crippen LogP contribution < -0.4 is 5.32 Å². The number of aliphatic hydroxyl groups excluding tert-OH is 1. The van der Waals surface area contributed by atoms with E-state index in [1.54, 1.807) is 0 Å². The number of β-amino-alcohol motifs (C(OH)–C–C–N with tert-alkyl or cyclic N) is 1. The zero-order valence-electron chi connectivity index (χ0n) is 25.7. The summed E-state index contributed by atoms with van der Waals surface area (Å²) in [7, 11) is 0. The Morgan fingerprint density at radius 1 is 0.842 bits per heavy atom. The van der Waals surface area contributed by atoms with Gasteiger partial charge in [0.1, 0.15) is 6.10 Å². The fraction of sp³-hybridized carbons (Fsp3) is 1.00. The van der Waals surface area contributed by atoms with Crippen molar-refractivity contribution in [3.05, 3.63) is 0 Å². The highest BCUT2D eigenvalue weighted by Gasteiger charge is 2.34. The molecule has 0 radical (unpaired) electrons. The van der Waals surface area contributed by atoms with Gasteiger partial charge in [-0.2, -0.15) is 0 Å². The van der Waals surface area contributed by atoms with Crippen molar-refractivity contribution < 1.29 is 19.3 Å². The van der Waals surface area contributed by atoms with Crippen LogP contribution in [0.3, 0.4) is 0 Å². The highest BCUT2D eigenvalue weighted by molar-refractivity contribution is 4.83. The van der Waals surface area contributed by atoms with E-state index in [2.05, 4.69) is 51.8 Å². The Balaban J connectivity index is 0.000000187. The molecule has 0 aromatic rings. The second-order valence-electron chi connectivity index (χ2n) is 13.8. The number of nitrogens with one attached hydrogen (secondary N) is 1. The predicted molar refractivity (Wildman–Crippen MR) is 156 cm³/mol. The number of hydrogen-bond donors (Lipinski definition) is 2. The van der Waals surface area contributed by atoms with Gasteiger partial charge in [0.05, 0.1) is 38.1 Å². The van der Waals surface area contributed by atoms with Gasteiger partial charge < -0.3 is 29.5 Å². The molecule has 5 aliphatic rings. The van der Waals surface area contributed by atoms with Crippen LogP contribution in [-0.2, 0) is 14.2 Å². The first kappa shape index (κ1) is 32.3. The molecule has 3 aliphatic heterocycles. The lowest BCUT2D eigenvalue weighted by atomic mass is 9.75. The molecule has 2 saturated carbocycles. The molecule has 0 amide bonds. The van der Waals surface area contributed by atoms with E-state index in [4.69, 9.17) is 14.2 Å². The van der Waals surface area contributed by atoms with Crippen LogP contribution in [0.1, 0.15) is 92.9 Å². The second-order valence-corrected chi connectivity index (χ2v) is 13.8. The van der Waals surface area contributed by atoms with Crippen molar-refractivity contribution in [3.63, 3.8) is 0 Å². The van der Waals surface area contributed by atoms with Crippen molar-refractivity contribution in [1.29, 1.82) is 0 Å². The Morgan fingerprint density at radius 3 is 1.74 bits per heavy atom. The van der Waals surface area contributed by atoms with Crippen molar-refractivity contribution in [3.8, 4) is 0 Å². The summed E-state index contributed by atoms with van der Waals surface area (Å²) in [5.41, 5.74) is 0. The van der Waals surface area contributed by atoms with Crippen LogP contribution in [0.25, 0.3) is 0 Å². The fourth-order valence-electron chi connectivity index (χ4n) is 6.33. The van der Waals surface area contributed by atoms with Crippen LogP contribution in [0.4, 0.5) is 0 Å². The van der Waals surface area contributed by atoms with Crippen LogP contribution in [0.5, 0.6) is 0 Å². The number of epoxide rings is 1. The summed E-state index contributed by atoms with van der Waals surface area (Å²) in [4.78, 5) is 2.30. The molecule has 0 spiro atoms. The molecule has 5 fully saturated rings. The molecule has 2 N–H and O–H groups in total. The minimum atomic E-state index is -0.314. The third kappa shape index (κ3) is 11.7. The third-order valence-electron chi connectivity index (χ3n) is 9.45. The molecule has 8 atom stereocenters. The van der Waals surface area contributed by atoms with Crippen LogP contribution in [0, 0.1) is 35.5 Å². The summed E-state index contributed by atoms with van der Waals surface area (Å²) in [5.74, 6) is 4.48. The Morgan fingerprint density at radius 2 is 1.34 bits per heavy atom. The standard InChI is InChI=1S/C16H31NO2.C13H24O2.C3H7N/c1-12(2)15-6-5-13(3)9-16(15)19-11-14(18)10-17-7-4-8-17;1-9(2)12-5-4-10(3)6-13(12)15-8-11-7-14-11;1-2-4-3-1/h12-16,18H,4-11H2,1-3H3;9-13H,4-8H2,1-3H3;4H,1-3H2. The maximum atomic E-state index is 10.0. The third-order valence-corrected chi connectivity index (χ3v) is 9.45. The second kappa shape index (κ2) is 16.9. The van der Waals surface area contributed by atoms with Crippen LogP contribution in [-0.4, -0.2) is 87.0 Å². The molecule has 0 bridgehead atoms. The molecule has 6 heteroatoms. The molecule has 3 heterocycles. The summed E-state index contributed by atoms with van der Waals surface area (Å²) < 4.78 is 17.3. The molecule has 8 unspecified atom stereocenters. The maximum Gasteiger partial charge on any atom is 0.104 e. The minimum Gasteiger partial charge on any atom is -0.389 e. The Bertz CT molecular complexity index is 617. The van der Waals surface area contributed by atoms with Crippen molar-refractivity contribution in [2.45, 2.75) is 117 Å². The van der Waals surface area contributed by atoms with Crippen molar-refractivity contribution in [2.24, 2.45) is 35.5 Å². The van der Waals surface area contributed by atoms with E-state index in [0.717, 1.165) is 56.5 Å². The normalized spacial score (nSPS) is 35.8. The number of rotatable bonds is 10. The molecular weight excluding hydrogens is 476 g/mol. The summed E-state index contributed by atoms with van der Waals surface area (Å²) in [6.45, 7) is 21.7. The molecule has 6 nitrogen and oxygen atoms in total. The van der Waals surface area contributed by atoms with Crippen LogP contribution >= 0.6 is 0 Å². The number of aliphatic hydroxyl groups is 1. The zero-order chi connectivity index (χ0) is 27.5. The van der Waals surface area contributed by atoms with Gasteiger partial charge >= 0.3 is 0 Å².